The molecular weight excluding hydrogens is 316 g/mol. The molecule has 0 bridgehead atoms. The second-order valence-corrected chi connectivity index (χ2v) is 6.11. The molecule has 1 aliphatic heterocycles. The second-order valence-electron chi connectivity index (χ2n) is 5.68. The molecule has 7 nitrogen and oxygen atoms in total. The molecule has 3 rings (SSSR count). The average Bonchev–Trinajstić information content (AvgIpc) is 3.21. The lowest BCUT2D eigenvalue weighted by atomic mass is 10.2. The van der Waals surface area contributed by atoms with Crippen LogP contribution in [-0.4, -0.2) is 49.2 Å². The summed E-state index contributed by atoms with van der Waals surface area (Å²) in [7, 11) is 0. The number of pyridine rings is 1. The molecule has 0 spiro atoms. The Balaban J connectivity index is 1.62. The molecule has 0 saturated carbocycles. The monoisotopic (exact) mass is 334 g/mol. The Hall–Kier alpha value is -1.99. The number of carbonyl (C=O) groups is 1. The van der Waals surface area contributed by atoms with Gasteiger partial charge < -0.3 is 5.32 Å². The van der Waals surface area contributed by atoms with Crippen molar-refractivity contribution < 1.29 is 4.79 Å². The van der Waals surface area contributed by atoms with Crippen molar-refractivity contribution in [2.75, 3.05) is 11.9 Å². The fourth-order valence-electron chi connectivity index (χ4n) is 2.94. The first-order chi connectivity index (χ1) is 11.1. The van der Waals surface area contributed by atoms with Gasteiger partial charge in [0.2, 0.25) is 5.91 Å². The van der Waals surface area contributed by atoms with Crippen LogP contribution in [0.15, 0.2) is 31.0 Å². The first-order valence-corrected chi connectivity index (χ1v) is 8.02. The van der Waals surface area contributed by atoms with E-state index in [0.29, 0.717) is 10.8 Å². The number of anilines is 1. The van der Waals surface area contributed by atoms with Crippen LogP contribution in [0.3, 0.4) is 0 Å². The van der Waals surface area contributed by atoms with Gasteiger partial charge in [-0.15, -0.1) is 0 Å². The third kappa shape index (κ3) is 3.86. The van der Waals surface area contributed by atoms with E-state index < -0.39 is 0 Å². The minimum absolute atomic E-state index is 0.0645. The van der Waals surface area contributed by atoms with Gasteiger partial charge in [0.05, 0.1) is 17.6 Å². The Morgan fingerprint density at radius 2 is 2.39 bits per heavy atom. The van der Waals surface area contributed by atoms with E-state index in [9.17, 15) is 4.79 Å². The standard InChI is InChI=1S/C15H19ClN6O/c1-11(15(23)20-14-5-4-12(16)7-18-14)22-6-2-3-13(22)8-21-10-17-9-19-21/h4-5,7,9-11,13H,2-3,6,8H2,1H3,(H,18,20,23)/t11-,13-/m0/s1. The molecule has 8 heteroatoms. The summed E-state index contributed by atoms with van der Waals surface area (Å²) >= 11 is 5.80. The maximum atomic E-state index is 12.5. The Morgan fingerprint density at radius 1 is 1.52 bits per heavy atom. The minimum atomic E-state index is -0.233. The van der Waals surface area contributed by atoms with Gasteiger partial charge >= 0.3 is 0 Å². The van der Waals surface area contributed by atoms with Crippen molar-refractivity contribution in [1.82, 2.24) is 24.6 Å². The van der Waals surface area contributed by atoms with E-state index in [4.69, 9.17) is 11.6 Å². The number of nitrogens with zero attached hydrogens (tertiary/aromatic N) is 5. The molecule has 0 radical (unpaired) electrons. The van der Waals surface area contributed by atoms with E-state index >= 15 is 0 Å². The lowest BCUT2D eigenvalue weighted by molar-refractivity contribution is -0.121. The molecule has 1 saturated heterocycles. The van der Waals surface area contributed by atoms with Gasteiger partial charge in [0, 0.05) is 12.2 Å². The Morgan fingerprint density at radius 3 is 3.09 bits per heavy atom. The molecule has 122 valence electrons. The van der Waals surface area contributed by atoms with Crippen LogP contribution in [-0.2, 0) is 11.3 Å². The highest BCUT2D eigenvalue weighted by Crippen LogP contribution is 2.22. The van der Waals surface area contributed by atoms with Crippen LogP contribution < -0.4 is 5.32 Å². The SMILES string of the molecule is C[C@@H](C(=O)Nc1ccc(Cl)cn1)N1CCC[C@H]1Cn1cncn1. The van der Waals surface area contributed by atoms with Gasteiger partial charge in [-0.2, -0.15) is 5.10 Å². The largest absolute Gasteiger partial charge is 0.309 e. The molecule has 1 amide bonds. The molecule has 1 N–H and O–H groups in total. The molecule has 0 unspecified atom stereocenters. The summed E-state index contributed by atoms with van der Waals surface area (Å²) in [5.74, 6) is 0.448. The van der Waals surface area contributed by atoms with Crippen LogP contribution in [0.25, 0.3) is 0 Å². The number of likely N-dealkylation sites (tertiary alicyclic amines) is 1. The van der Waals surface area contributed by atoms with Gasteiger partial charge in [-0.3, -0.25) is 14.4 Å². The number of amides is 1. The molecule has 1 aliphatic rings. The molecule has 23 heavy (non-hydrogen) atoms. The molecule has 2 atom stereocenters. The molecule has 3 heterocycles. The third-order valence-electron chi connectivity index (χ3n) is 4.14. The van der Waals surface area contributed by atoms with E-state index in [2.05, 4.69) is 25.3 Å². The predicted molar refractivity (Wildman–Crippen MR) is 87.1 cm³/mol. The average molecular weight is 335 g/mol. The number of aromatic nitrogens is 4. The lowest BCUT2D eigenvalue weighted by Gasteiger charge is -2.29. The minimum Gasteiger partial charge on any atom is -0.309 e. The van der Waals surface area contributed by atoms with Crippen LogP contribution in [0, 0.1) is 0 Å². The van der Waals surface area contributed by atoms with Gasteiger partial charge in [0.25, 0.3) is 0 Å². The fourth-order valence-corrected chi connectivity index (χ4v) is 3.05. The molecule has 2 aromatic rings. The van der Waals surface area contributed by atoms with Crippen molar-refractivity contribution in [3.05, 3.63) is 36.0 Å². The van der Waals surface area contributed by atoms with Crippen LogP contribution >= 0.6 is 11.6 Å². The zero-order valence-electron chi connectivity index (χ0n) is 12.9. The normalized spacial score (nSPS) is 19.7. The quantitative estimate of drug-likeness (QED) is 0.902. The van der Waals surface area contributed by atoms with Crippen LogP contribution in [0.4, 0.5) is 5.82 Å². The summed E-state index contributed by atoms with van der Waals surface area (Å²) in [6.45, 7) is 3.57. The lowest BCUT2D eigenvalue weighted by Crippen LogP contribution is -2.46. The maximum absolute atomic E-state index is 12.5. The number of carbonyl (C=O) groups excluding carboxylic acids is 1. The number of hydrogen-bond donors (Lipinski definition) is 1. The van der Waals surface area contributed by atoms with Crippen LogP contribution in [0.1, 0.15) is 19.8 Å². The van der Waals surface area contributed by atoms with Gasteiger partial charge in [0.1, 0.15) is 18.5 Å². The zero-order valence-corrected chi connectivity index (χ0v) is 13.6. The molecule has 1 fully saturated rings. The summed E-state index contributed by atoms with van der Waals surface area (Å²) < 4.78 is 1.81. The van der Waals surface area contributed by atoms with Crippen molar-refractivity contribution in [3.8, 4) is 0 Å². The van der Waals surface area contributed by atoms with Crippen molar-refractivity contribution in [2.45, 2.75) is 38.4 Å². The Kier molecular flexibility index (Phi) is 4.88. The molecule has 0 aliphatic carbocycles. The topological polar surface area (TPSA) is 75.9 Å². The van der Waals surface area contributed by atoms with Crippen molar-refractivity contribution in [3.63, 3.8) is 0 Å². The van der Waals surface area contributed by atoms with Crippen molar-refractivity contribution in [2.24, 2.45) is 0 Å². The summed E-state index contributed by atoms with van der Waals surface area (Å²) in [5, 5.41) is 7.54. The van der Waals surface area contributed by atoms with E-state index in [1.807, 2.05) is 11.6 Å². The number of nitrogens with one attached hydrogen (secondary N) is 1. The van der Waals surface area contributed by atoms with Crippen molar-refractivity contribution >= 4 is 23.3 Å². The van der Waals surface area contributed by atoms with Crippen molar-refractivity contribution in [1.29, 1.82) is 0 Å². The highest BCUT2D eigenvalue weighted by Gasteiger charge is 2.32. The van der Waals surface area contributed by atoms with E-state index in [1.165, 1.54) is 12.5 Å². The van der Waals surface area contributed by atoms with Crippen LogP contribution in [0.2, 0.25) is 5.02 Å². The van der Waals surface area contributed by atoms with E-state index in [0.717, 1.165) is 25.9 Å². The molecule has 0 aromatic carbocycles. The van der Waals surface area contributed by atoms with Gasteiger partial charge in [-0.05, 0) is 38.4 Å². The fraction of sp³-hybridized carbons (Fsp3) is 0.467. The van der Waals surface area contributed by atoms with E-state index in [-0.39, 0.29) is 18.0 Å². The Bertz CT molecular complexity index is 644. The second kappa shape index (κ2) is 7.06. The van der Waals surface area contributed by atoms with Crippen LogP contribution in [0.5, 0.6) is 0 Å². The first-order valence-electron chi connectivity index (χ1n) is 7.64. The third-order valence-corrected chi connectivity index (χ3v) is 4.37. The molecule has 2 aromatic heterocycles. The Labute approximate surface area is 139 Å². The van der Waals surface area contributed by atoms with E-state index in [1.54, 1.807) is 18.5 Å². The highest BCUT2D eigenvalue weighted by atomic mass is 35.5. The summed E-state index contributed by atoms with van der Waals surface area (Å²) in [4.78, 5) is 22.8. The molecular formula is C15H19ClN6O. The predicted octanol–water partition coefficient (Wildman–Crippen LogP) is 1.82. The van der Waals surface area contributed by atoms with Gasteiger partial charge in [0.15, 0.2) is 0 Å². The first kappa shape index (κ1) is 15.9. The zero-order chi connectivity index (χ0) is 16.2. The number of halogens is 1. The maximum Gasteiger partial charge on any atom is 0.242 e. The van der Waals surface area contributed by atoms with Gasteiger partial charge in [-0.25, -0.2) is 9.97 Å². The summed E-state index contributed by atoms with van der Waals surface area (Å²) in [6.07, 6.45) is 6.89. The number of rotatable bonds is 5. The summed E-state index contributed by atoms with van der Waals surface area (Å²) in [6, 6.07) is 3.46. The highest BCUT2D eigenvalue weighted by molar-refractivity contribution is 6.30. The number of hydrogen-bond acceptors (Lipinski definition) is 5. The smallest absolute Gasteiger partial charge is 0.242 e. The van der Waals surface area contributed by atoms with Gasteiger partial charge in [-0.1, -0.05) is 11.6 Å². The summed E-state index contributed by atoms with van der Waals surface area (Å²) in [5.41, 5.74) is 0.